The number of ether oxygens (including phenoxy) is 1. The van der Waals surface area contributed by atoms with Gasteiger partial charge in [0.05, 0.1) is 18.4 Å². The number of fused-ring (bicyclic) bond motifs is 4. The number of oxime groups is 1. The predicted octanol–water partition coefficient (Wildman–Crippen LogP) is 2.54. The predicted molar refractivity (Wildman–Crippen MR) is 120 cm³/mol. The average molecular weight is 472 g/mol. The van der Waals surface area contributed by atoms with Crippen LogP contribution in [0, 0.1) is 0 Å². The van der Waals surface area contributed by atoms with E-state index in [-0.39, 0.29) is 24.5 Å². The van der Waals surface area contributed by atoms with E-state index in [1.807, 2.05) is 30.3 Å². The van der Waals surface area contributed by atoms with Crippen LogP contribution in [0.25, 0.3) is 0 Å². The van der Waals surface area contributed by atoms with E-state index in [9.17, 15) is 14.8 Å². The first-order chi connectivity index (χ1) is 16.1. The SMILES string of the molecule is CN(NC(=O)OC(C)(C)C)/C(=N\O)[C@@H]1c2c(cnn2C)[C@@H]2CN1C(=O)N2OCc1ccccc1. The van der Waals surface area contributed by atoms with Crippen LogP contribution >= 0.6 is 0 Å². The molecule has 2 N–H and O–H groups in total. The summed E-state index contributed by atoms with van der Waals surface area (Å²) in [5, 5.41) is 20.3. The Morgan fingerprint density at radius 2 is 2.03 bits per heavy atom. The van der Waals surface area contributed by atoms with Crippen molar-refractivity contribution in [3.63, 3.8) is 0 Å². The number of nitrogens with zero attached hydrogens (tertiary/aromatic N) is 6. The summed E-state index contributed by atoms with van der Waals surface area (Å²) in [5.41, 5.74) is 4.17. The summed E-state index contributed by atoms with van der Waals surface area (Å²) in [6.45, 7) is 5.74. The topological polar surface area (TPSA) is 125 Å². The molecule has 34 heavy (non-hydrogen) atoms. The van der Waals surface area contributed by atoms with Crippen LogP contribution in [0.4, 0.5) is 9.59 Å². The fourth-order valence-corrected chi connectivity index (χ4v) is 4.17. The molecule has 1 saturated heterocycles. The van der Waals surface area contributed by atoms with Crippen LogP contribution in [-0.2, 0) is 23.2 Å². The first-order valence-electron chi connectivity index (χ1n) is 10.8. The fraction of sp³-hybridized carbons (Fsp3) is 0.455. The van der Waals surface area contributed by atoms with Crippen LogP contribution in [0.1, 0.15) is 49.7 Å². The van der Waals surface area contributed by atoms with Crippen molar-refractivity contribution in [1.29, 1.82) is 0 Å². The van der Waals surface area contributed by atoms with Gasteiger partial charge in [0.1, 0.15) is 24.3 Å². The summed E-state index contributed by atoms with van der Waals surface area (Å²) in [6, 6.07) is 7.97. The number of benzene rings is 1. The van der Waals surface area contributed by atoms with Gasteiger partial charge in [0.15, 0.2) is 5.84 Å². The summed E-state index contributed by atoms with van der Waals surface area (Å²) < 4.78 is 6.91. The molecule has 4 rings (SSSR count). The van der Waals surface area contributed by atoms with Gasteiger partial charge in [-0.3, -0.25) is 14.5 Å². The summed E-state index contributed by atoms with van der Waals surface area (Å²) >= 11 is 0. The molecule has 0 aliphatic carbocycles. The molecule has 2 atom stereocenters. The number of carbonyl (C=O) groups is 2. The Morgan fingerprint density at radius 3 is 2.68 bits per heavy atom. The number of nitrogens with one attached hydrogen (secondary N) is 1. The number of hydrogen-bond acceptors (Lipinski definition) is 7. The zero-order chi connectivity index (χ0) is 24.6. The van der Waals surface area contributed by atoms with E-state index in [2.05, 4.69) is 15.7 Å². The second kappa shape index (κ2) is 8.86. The molecule has 2 aliphatic heterocycles. The third-order valence-corrected chi connectivity index (χ3v) is 5.59. The highest BCUT2D eigenvalue weighted by Crippen LogP contribution is 2.44. The first-order valence-corrected chi connectivity index (χ1v) is 10.8. The minimum Gasteiger partial charge on any atom is -0.443 e. The number of urea groups is 1. The Morgan fingerprint density at radius 1 is 1.32 bits per heavy atom. The molecule has 1 aromatic carbocycles. The number of amidine groups is 1. The number of hydroxylamine groups is 2. The lowest BCUT2D eigenvalue weighted by atomic mass is 9.97. The number of carbonyl (C=O) groups excluding carboxylic acids is 2. The van der Waals surface area contributed by atoms with Gasteiger partial charge in [-0.1, -0.05) is 35.5 Å². The molecule has 0 unspecified atom stereocenters. The third-order valence-electron chi connectivity index (χ3n) is 5.59. The average Bonchev–Trinajstić information content (AvgIpc) is 3.28. The number of aryl methyl sites for hydroxylation is 1. The Kier molecular flexibility index (Phi) is 6.09. The molecule has 2 aliphatic rings. The van der Waals surface area contributed by atoms with Gasteiger partial charge in [-0.05, 0) is 26.3 Å². The van der Waals surface area contributed by atoms with Crippen LogP contribution in [-0.4, -0.2) is 67.1 Å². The van der Waals surface area contributed by atoms with Crippen molar-refractivity contribution < 1.29 is 24.4 Å². The van der Waals surface area contributed by atoms with E-state index in [1.165, 1.54) is 22.0 Å². The highest BCUT2D eigenvalue weighted by molar-refractivity contribution is 5.94. The molecule has 1 aromatic heterocycles. The van der Waals surface area contributed by atoms with Crippen molar-refractivity contribution in [2.75, 3.05) is 13.6 Å². The maximum atomic E-state index is 13.4. The number of aromatic nitrogens is 2. The maximum Gasteiger partial charge on any atom is 0.426 e. The van der Waals surface area contributed by atoms with E-state index in [0.717, 1.165) is 11.1 Å². The summed E-state index contributed by atoms with van der Waals surface area (Å²) in [5.74, 6) is 0.0208. The van der Waals surface area contributed by atoms with Crippen molar-refractivity contribution in [2.45, 2.75) is 45.1 Å². The van der Waals surface area contributed by atoms with Crippen LogP contribution in [0.15, 0.2) is 41.7 Å². The maximum absolute atomic E-state index is 13.4. The van der Waals surface area contributed by atoms with Crippen LogP contribution < -0.4 is 5.43 Å². The first kappa shape index (κ1) is 23.4. The number of amides is 3. The van der Waals surface area contributed by atoms with Crippen LogP contribution in [0.2, 0.25) is 0 Å². The molecule has 1 fully saturated rings. The highest BCUT2D eigenvalue weighted by atomic mass is 16.7. The molecule has 3 heterocycles. The third kappa shape index (κ3) is 4.36. The molecule has 12 nitrogen and oxygen atoms in total. The normalized spacial score (nSPS) is 19.8. The van der Waals surface area contributed by atoms with Gasteiger partial charge in [0, 0.05) is 19.7 Å². The molecule has 182 valence electrons. The number of hydrazine groups is 1. The van der Waals surface area contributed by atoms with Gasteiger partial charge in [0.25, 0.3) is 0 Å². The van der Waals surface area contributed by atoms with E-state index in [0.29, 0.717) is 12.2 Å². The Labute approximate surface area is 197 Å². The smallest absolute Gasteiger partial charge is 0.426 e. The van der Waals surface area contributed by atoms with Crippen molar-refractivity contribution in [1.82, 2.24) is 30.2 Å². The lowest BCUT2D eigenvalue weighted by molar-refractivity contribution is -0.141. The Hall–Kier alpha value is -3.80. The fourth-order valence-electron chi connectivity index (χ4n) is 4.17. The van der Waals surface area contributed by atoms with Crippen molar-refractivity contribution in [3.8, 4) is 0 Å². The molecular weight excluding hydrogens is 442 g/mol. The van der Waals surface area contributed by atoms with E-state index in [4.69, 9.17) is 9.57 Å². The van der Waals surface area contributed by atoms with Crippen LogP contribution in [0.3, 0.4) is 0 Å². The van der Waals surface area contributed by atoms with E-state index >= 15 is 0 Å². The summed E-state index contributed by atoms with van der Waals surface area (Å²) in [4.78, 5) is 33.1. The molecule has 0 radical (unpaired) electrons. The standard InChI is InChI=1S/C22H29N7O5/c1-22(2,3)34-20(30)24-27(5)19(25-32)18-17-15(11-23-26(17)4)16-12-28(18)21(31)29(16)33-13-14-9-7-6-8-10-14/h6-11,16,18,32H,12-13H2,1-5H3,(H,24,30)/b25-19-/t16-,18-/m0/s1. The van der Waals surface area contributed by atoms with Gasteiger partial charge in [-0.15, -0.1) is 0 Å². The monoisotopic (exact) mass is 471 g/mol. The van der Waals surface area contributed by atoms with Gasteiger partial charge in [0.2, 0.25) is 0 Å². The van der Waals surface area contributed by atoms with Gasteiger partial charge >= 0.3 is 12.1 Å². The van der Waals surface area contributed by atoms with E-state index in [1.54, 1.807) is 38.7 Å². The quantitative estimate of drug-likeness (QED) is 0.304. The molecule has 0 saturated carbocycles. The molecular formula is C22H29N7O5. The lowest BCUT2D eigenvalue weighted by Gasteiger charge is -2.34. The Bertz CT molecular complexity index is 1090. The van der Waals surface area contributed by atoms with Gasteiger partial charge in [-0.2, -0.15) is 10.2 Å². The summed E-state index contributed by atoms with van der Waals surface area (Å²) in [7, 11) is 3.25. The molecule has 3 amide bonds. The van der Waals surface area contributed by atoms with Crippen molar-refractivity contribution >= 4 is 18.0 Å². The number of rotatable bonds is 4. The minimum absolute atomic E-state index is 0.0208. The van der Waals surface area contributed by atoms with E-state index < -0.39 is 17.7 Å². The molecule has 0 spiro atoms. The van der Waals surface area contributed by atoms with Gasteiger partial charge < -0.3 is 14.8 Å². The molecule has 2 aromatic rings. The molecule has 12 heteroatoms. The van der Waals surface area contributed by atoms with Crippen molar-refractivity contribution in [3.05, 3.63) is 53.3 Å². The largest absolute Gasteiger partial charge is 0.443 e. The second-order valence-electron chi connectivity index (χ2n) is 9.18. The molecule has 2 bridgehead atoms. The number of hydrogen-bond donors (Lipinski definition) is 2. The highest BCUT2D eigenvalue weighted by Gasteiger charge is 2.53. The summed E-state index contributed by atoms with van der Waals surface area (Å²) in [6.07, 6.45) is 0.952. The minimum atomic E-state index is -0.818. The van der Waals surface area contributed by atoms with Crippen LogP contribution in [0.5, 0.6) is 0 Å². The van der Waals surface area contributed by atoms with Gasteiger partial charge in [-0.25, -0.2) is 15.0 Å². The Balaban J connectivity index is 1.60. The second-order valence-corrected chi connectivity index (χ2v) is 9.18. The lowest BCUT2D eigenvalue weighted by Crippen LogP contribution is -2.51. The van der Waals surface area contributed by atoms with Crippen molar-refractivity contribution in [2.24, 2.45) is 12.2 Å². The zero-order valence-electron chi connectivity index (χ0n) is 19.8. The zero-order valence-corrected chi connectivity index (χ0v) is 19.8. The number of likely N-dealkylation sites (N-methyl/N-ethyl adjacent to an activating group) is 1.